The number of hydrogen-bond donors (Lipinski definition) is 1. The summed E-state index contributed by atoms with van der Waals surface area (Å²) in [5, 5.41) is 0. The maximum absolute atomic E-state index is 5.88. The van der Waals surface area contributed by atoms with Gasteiger partial charge in [-0.3, -0.25) is 4.98 Å². The second-order valence-electron chi connectivity index (χ2n) is 4.22. The van der Waals surface area contributed by atoms with Gasteiger partial charge in [-0.25, -0.2) is 0 Å². The lowest BCUT2D eigenvalue weighted by Crippen LogP contribution is -1.94. The molecule has 2 nitrogen and oxygen atoms in total. The normalized spacial score (nSPS) is 10.4. The van der Waals surface area contributed by atoms with Crippen LogP contribution < -0.4 is 5.73 Å². The zero-order valence-electron chi connectivity index (χ0n) is 9.91. The molecular formula is C14H16N2. The van der Waals surface area contributed by atoms with Crippen molar-refractivity contribution in [1.29, 1.82) is 0 Å². The van der Waals surface area contributed by atoms with Crippen molar-refractivity contribution in [3.05, 3.63) is 47.3 Å². The van der Waals surface area contributed by atoms with Crippen LogP contribution in [-0.2, 0) is 0 Å². The molecule has 2 heteroatoms. The molecule has 0 aliphatic heterocycles. The number of aromatic nitrogens is 1. The van der Waals surface area contributed by atoms with E-state index >= 15 is 0 Å². The van der Waals surface area contributed by atoms with Gasteiger partial charge in [0.05, 0.1) is 11.4 Å². The van der Waals surface area contributed by atoms with E-state index in [4.69, 9.17) is 5.73 Å². The zero-order valence-corrected chi connectivity index (χ0v) is 9.91. The lowest BCUT2D eigenvalue weighted by molar-refractivity contribution is 1.20. The molecular weight excluding hydrogens is 196 g/mol. The third-order valence-electron chi connectivity index (χ3n) is 2.83. The summed E-state index contributed by atoms with van der Waals surface area (Å²) in [5.41, 5.74) is 12.3. The summed E-state index contributed by atoms with van der Waals surface area (Å²) in [6.45, 7) is 6.11. The SMILES string of the molecule is Cc1ccc(C)c(-c2cnc(C)c(N)c2)c1. The van der Waals surface area contributed by atoms with E-state index in [2.05, 4.69) is 37.0 Å². The molecule has 0 fully saturated rings. The molecule has 1 heterocycles. The number of pyridine rings is 1. The molecule has 2 N–H and O–H groups in total. The fourth-order valence-corrected chi connectivity index (χ4v) is 1.74. The van der Waals surface area contributed by atoms with E-state index in [9.17, 15) is 0 Å². The summed E-state index contributed by atoms with van der Waals surface area (Å²) >= 11 is 0. The number of nitrogens with two attached hydrogens (primary N) is 1. The summed E-state index contributed by atoms with van der Waals surface area (Å²) in [7, 11) is 0. The van der Waals surface area contributed by atoms with Gasteiger partial charge in [0.1, 0.15) is 0 Å². The van der Waals surface area contributed by atoms with Crippen LogP contribution in [-0.4, -0.2) is 4.98 Å². The van der Waals surface area contributed by atoms with Crippen LogP contribution in [0.25, 0.3) is 11.1 Å². The van der Waals surface area contributed by atoms with Gasteiger partial charge in [-0.2, -0.15) is 0 Å². The van der Waals surface area contributed by atoms with Crippen molar-refractivity contribution in [2.24, 2.45) is 0 Å². The van der Waals surface area contributed by atoms with Gasteiger partial charge in [-0.15, -0.1) is 0 Å². The van der Waals surface area contributed by atoms with Crippen LogP contribution in [0.3, 0.4) is 0 Å². The monoisotopic (exact) mass is 212 g/mol. The Morgan fingerprint density at radius 1 is 1.06 bits per heavy atom. The minimum atomic E-state index is 0.749. The lowest BCUT2D eigenvalue weighted by Gasteiger charge is -2.08. The van der Waals surface area contributed by atoms with Crippen LogP contribution in [0.2, 0.25) is 0 Å². The number of benzene rings is 1. The Kier molecular flexibility index (Phi) is 2.65. The molecule has 0 unspecified atom stereocenters. The van der Waals surface area contributed by atoms with Crippen molar-refractivity contribution >= 4 is 5.69 Å². The minimum Gasteiger partial charge on any atom is -0.397 e. The average Bonchev–Trinajstić information content (AvgIpc) is 2.26. The van der Waals surface area contributed by atoms with Gasteiger partial charge in [-0.1, -0.05) is 23.8 Å². The van der Waals surface area contributed by atoms with Crippen LogP contribution in [0.1, 0.15) is 16.8 Å². The Bertz CT molecular complexity index is 530. The number of aryl methyl sites for hydroxylation is 3. The molecule has 2 rings (SSSR count). The predicted octanol–water partition coefficient (Wildman–Crippen LogP) is 3.26. The Morgan fingerprint density at radius 3 is 2.50 bits per heavy atom. The van der Waals surface area contributed by atoms with Crippen LogP contribution in [0, 0.1) is 20.8 Å². The molecule has 1 aromatic carbocycles. The summed E-state index contributed by atoms with van der Waals surface area (Å²) in [6, 6.07) is 8.40. The molecule has 2 aromatic rings. The van der Waals surface area contributed by atoms with Crippen LogP contribution in [0.5, 0.6) is 0 Å². The smallest absolute Gasteiger partial charge is 0.0602 e. The second-order valence-corrected chi connectivity index (χ2v) is 4.22. The molecule has 82 valence electrons. The van der Waals surface area contributed by atoms with E-state index in [1.165, 1.54) is 16.7 Å². The van der Waals surface area contributed by atoms with Gasteiger partial charge in [-0.05, 0) is 38.0 Å². The molecule has 0 atom stereocenters. The molecule has 0 bridgehead atoms. The molecule has 0 saturated carbocycles. The number of nitrogens with zero attached hydrogens (tertiary/aromatic N) is 1. The van der Waals surface area contributed by atoms with Gasteiger partial charge < -0.3 is 5.73 Å². The van der Waals surface area contributed by atoms with Crippen molar-refractivity contribution in [2.75, 3.05) is 5.73 Å². The highest BCUT2D eigenvalue weighted by molar-refractivity contribution is 5.70. The van der Waals surface area contributed by atoms with Crippen molar-refractivity contribution in [2.45, 2.75) is 20.8 Å². The summed E-state index contributed by atoms with van der Waals surface area (Å²) in [5.74, 6) is 0. The second kappa shape index (κ2) is 3.97. The van der Waals surface area contributed by atoms with Crippen molar-refractivity contribution < 1.29 is 0 Å². The van der Waals surface area contributed by atoms with Gasteiger partial charge in [0, 0.05) is 11.8 Å². The van der Waals surface area contributed by atoms with E-state index in [0.717, 1.165) is 16.9 Å². The summed E-state index contributed by atoms with van der Waals surface area (Å²) in [6.07, 6.45) is 1.88. The molecule has 0 aliphatic carbocycles. The maximum Gasteiger partial charge on any atom is 0.0602 e. The zero-order chi connectivity index (χ0) is 11.7. The summed E-state index contributed by atoms with van der Waals surface area (Å²) in [4.78, 5) is 4.30. The first-order valence-corrected chi connectivity index (χ1v) is 5.37. The number of anilines is 1. The number of rotatable bonds is 1. The molecule has 0 spiro atoms. The van der Waals surface area contributed by atoms with Gasteiger partial charge in [0.25, 0.3) is 0 Å². The molecule has 0 aliphatic rings. The standard InChI is InChI=1S/C14H16N2/c1-9-4-5-10(2)13(6-9)12-7-14(15)11(3)16-8-12/h4-8H,15H2,1-3H3. The van der Waals surface area contributed by atoms with Crippen molar-refractivity contribution in [3.8, 4) is 11.1 Å². The third-order valence-corrected chi connectivity index (χ3v) is 2.83. The third kappa shape index (κ3) is 1.91. The fourth-order valence-electron chi connectivity index (χ4n) is 1.74. The highest BCUT2D eigenvalue weighted by atomic mass is 14.7. The first-order chi connectivity index (χ1) is 7.58. The topological polar surface area (TPSA) is 38.9 Å². The Balaban J connectivity index is 2.58. The summed E-state index contributed by atoms with van der Waals surface area (Å²) < 4.78 is 0. The van der Waals surface area contributed by atoms with Crippen molar-refractivity contribution in [3.63, 3.8) is 0 Å². The Labute approximate surface area is 96.1 Å². The quantitative estimate of drug-likeness (QED) is 0.788. The molecule has 0 saturated heterocycles. The Hall–Kier alpha value is -1.83. The minimum absolute atomic E-state index is 0.749. The number of nitrogen functional groups attached to an aromatic ring is 1. The van der Waals surface area contributed by atoms with E-state index in [-0.39, 0.29) is 0 Å². The predicted molar refractivity (Wildman–Crippen MR) is 68.3 cm³/mol. The highest BCUT2D eigenvalue weighted by Crippen LogP contribution is 2.26. The van der Waals surface area contributed by atoms with Crippen molar-refractivity contribution in [1.82, 2.24) is 4.98 Å². The maximum atomic E-state index is 5.88. The molecule has 16 heavy (non-hydrogen) atoms. The largest absolute Gasteiger partial charge is 0.397 e. The van der Waals surface area contributed by atoms with Crippen LogP contribution in [0.15, 0.2) is 30.5 Å². The molecule has 0 amide bonds. The average molecular weight is 212 g/mol. The van der Waals surface area contributed by atoms with Gasteiger partial charge >= 0.3 is 0 Å². The van der Waals surface area contributed by atoms with E-state index in [1.54, 1.807) is 0 Å². The first-order valence-electron chi connectivity index (χ1n) is 5.37. The Morgan fingerprint density at radius 2 is 1.81 bits per heavy atom. The first kappa shape index (κ1) is 10.7. The fraction of sp³-hybridized carbons (Fsp3) is 0.214. The van der Waals surface area contributed by atoms with Gasteiger partial charge in [0.2, 0.25) is 0 Å². The van der Waals surface area contributed by atoms with Crippen LogP contribution >= 0.6 is 0 Å². The van der Waals surface area contributed by atoms with Gasteiger partial charge in [0.15, 0.2) is 0 Å². The molecule has 0 radical (unpaired) electrons. The number of hydrogen-bond acceptors (Lipinski definition) is 2. The molecule has 1 aromatic heterocycles. The van der Waals surface area contributed by atoms with E-state index < -0.39 is 0 Å². The van der Waals surface area contributed by atoms with Crippen LogP contribution in [0.4, 0.5) is 5.69 Å². The lowest BCUT2D eigenvalue weighted by atomic mass is 9.99. The highest BCUT2D eigenvalue weighted by Gasteiger charge is 2.04. The van der Waals surface area contributed by atoms with E-state index in [0.29, 0.717) is 0 Å². The van der Waals surface area contributed by atoms with E-state index in [1.807, 2.05) is 19.2 Å².